The maximum absolute atomic E-state index is 9.42. The number of hydrogen-bond donors (Lipinski definition) is 1. The SMILES string of the molecule is OC1C=COC2=C1CCOC2. The monoisotopic (exact) mass is 154 g/mol. The Morgan fingerprint density at radius 1 is 1.55 bits per heavy atom. The molecule has 0 aliphatic carbocycles. The fraction of sp³-hybridized carbons (Fsp3) is 0.500. The van der Waals surface area contributed by atoms with Crippen molar-refractivity contribution in [3.8, 4) is 0 Å². The average molecular weight is 154 g/mol. The number of aliphatic hydroxyl groups is 1. The van der Waals surface area contributed by atoms with Gasteiger partial charge >= 0.3 is 0 Å². The van der Waals surface area contributed by atoms with Gasteiger partial charge in [-0.15, -0.1) is 0 Å². The second kappa shape index (κ2) is 2.68. The molecule has 2 aliphatic heterocycles. The summed E-state index contributed by atoms with van der Waals surface area (Å²) in [6.07, 6.45) is 3.48. The molecular weight excluding hydrogens is 144 g/mol. The molecule has 0 saturated carbocycles. The zero-order valence-corrected chi connectivity index (χ0v) is 6.12. The molecule has 0 saturated heterocycles. The van der Waals surface area contributed by atoms with Gasteiger partial charge in [0.25, 0.3) is 0 Å². The van der Waals surface area contributed by atoms with Gasteiger partial charge in [0.1, 0.15) is 18.5 Å². The molecule has 1 unspecified atom stereocenters. The van der Waals surface area contributed by atoms with Crippen LogP contribution in [0, 0.1) is 0 Å². The highest BCUT2D eigenvalue weighted by Crippen LogP contribution is 2.24. The standard InChI is InChI=1S/C8H10O3/c9-7-2-4-11-8-5-10-3-1-6(7)8/h2,4,7,9H,1,3,5H2. The molecule has 0 radical (unpaired) electrons. The average Bonchev–Trinajstić information content (AvgIpc) is 2.06. The molecule has 2 rings (SSSR count). The summed E-state index contributed by atoms with van der Waals surface area (Å²) in [5.41, 5.74) is 0.971. The molecule has 0 spiro atoms. The van der Waals surface area contributed by atoms with E-state index in [0.717, 1.165) is 17.8 Å². The van der Waals surface area contributed by atoms with E-state index < -0.39 is 6.10 Å². The molecule has 2 aliphatic rings. The van der Waals surface area contributed by atoms with Gasteiger partial charge in [-0.25, -0.2) is 0 Å². The van der Waals surface area contributed by atoms with Gasteiger partial charge in [-0.1, -0.05) is 0 Å². The van der Waals surface area contributed by atoms with E-state index in [0.29, 0.717) is 13.2 Å². The van der Waals surface area contributed by atoms with Crippen LogP contribution in [0.5, 0.6) is 0 Å². The minimum atomic E-state index is -0.456. The smallest absolute Gasteiger partial charge is 0.131 e. The van der Waals surface area contributed by atoms with Crippen molar-refractivity contribution in [1.82, 2.24) is 0 Å². The van der Waals surface area contributed by atoms with Crippen molar-refractivity contribution in [2.75, 3.05) is 13.2 Å². The first-order valence-corrected chi connectivity index (χ1v) is 3.69. The molecular formula is C8H10O3. The zero-order valence-electron chi connectivity index (χ0n) is 6.12. The van der Waals surface area contributed by atoms with Crippen molar-refractivity contribution in [1.29, 1.82) is 0 Å². The van der Waals surface area contributed by atoms with Crippen LogP contribution in [-0.4, -0.2) is 24.4 Å². The highest BCUT2D eigenvalue weighted by molar-refractivity contribution is 5.24. The lowest BCUT2D eigenvalue weighted by molar-refractivity contribution is 0.0876. The Bertz CT molecular complexity index is 217. The second-order valence-corrected chi connectivity index (χ2v) is 2.64. The van der Waals surface area contributed by atoms with Crippen LogP contribution in [0.3, 0.4) is 0 Å². The minimum absolute atomic E-state index is 0.456. The van der Waals surface area contributed by atoms with Gasteiger partial charge < -0.3 is 14.6 Å². The number of rotatable bonds is 0. The summed E-state index contributed by atoms with van der Waals surface area (Å²) in [4.78, 5) is 0. The summed E-state index contributed by atoms with van der Waals surface area (Å²) >= 11 is 0. The van der Waals surface area contributed by atoms with Gasteiger partial charge in [0.15, 0.2) is 0 Å². The fourth-order valence-electron chi connectivity index (χ4n) is 1.31. The summed E-state index contributed by atoms with van der Waals surface area (Å²) in [6.45, 7) is 1.18. The molecule has 0 aromatic heterocycles. The van der Waals surface area contributed by atoms with E-state index in [-0.39, 0.29) is 0 Å². The van der Waals surface area contributed by atoms with Crippen molar-refractivity contribution in [2.45, 2.75) is 12.5 Å². The Kier molecular flexibility index (Phi) is 1.68. The maximum Gasteiger partial charge on any atom is 0.131 e. The van der Waals surface area contributed by atoms with Gasteiger partial charge in [-0.2, -0.15) is 0 Å². The van der Waals surface area contributed by atoms with Crippen LogP contribution in [0.4, 0.5) is 0 Å². The first kappa shape index (κ1) is 6.88. The van der Waals surface area contributed by atoms with Crippen molar-refractivity contribution < 1.29 is 14.6 Å². The minimum Gasteiger partial charge on any atom is -0.467 e. The Morgan fingerprint density at radius 2 is 2.45 bits per heavy atom. The van der Waals surface area contributed by atoms with Crippen LogP contribution >= 0.6 is 0 Å². The molecule has 2 heterocycles. The van der Waals surface area contributed by atoms with Crippen LogP contribution < -0.4 is 0 Å². The van der Waals surface area contributed by atoms with E-state index in [1.807, 2.05) is 0 Å². The predicted molar refractivity (Wildman–Crippen MR) is 38.7 cm³/mol. The van der Waals surface area contributed by atoms with Gasteiger partial charge in [0.2, 0.25) is 0 Å². The topological polar surface area (TPSA) is 38.7 Å². The van der Waals surface area contributed by atoms with E-state index in [1.165, 1.54) is 6.26 Å². The molecule has 3 nitrogen and oxygen atoms in total. The van der Waals surface area contributed by atoms with E-state index in [4.69, 9.17) is 9.47 Å². The summed E-state index contributed by atoms with van der Waals surface area (Å²) in [5.74, 6) is 0.784. The van der Waals surface area contributed by atoms with Crippen LogP contribution in [0.25, 0.3) is 0 Å². The Balaban J connectivity index is 2.23. The quantitative estimate of drug-likeness (QED) is 0.554. The lowest BCUT2D eigenvalue weighted by Gasteiger charge is -2.24. The van der Waals surface area contributed by atoms with Crippen LogP contribution in [-0.2, 0) is 9.47 Å². The van der Waals surface area contributed by atoms with Crippen molar-refractivity contribution in [2.24, 2.45) is 0 Å². The predicted octanol–water partition coefficient (Wildman–Crippen LogP) is 0.566. The van der Waals surface area contributed by atoms with Crippen molar-refractivity contribution in [3.63, 3.8) is 0 Å². The molecule has 0 aromatic carbocycles. The summed E-state index contributed by atoms with van der Waals surface area (Å²) in [6, 6.07) is 0. The van der Waals surface area contributed by atoms with E-state index >= 15 is 0 Å². The molecule has 0 amide bonds. The second-order valence-electron chi connectivity index (χ2n) is 2.64. The van der Waals surface area contributed by atoms with Crippen molar-refractivity contribution >= 4 is 0 Å². The largest absolute Gasteiger partial charge is 0.467 e. The first-order valence-electron chi connectivity index (χ1n) is 3.69. The third-order valence-electron chi connectivity index (χ3n) is 1.94. The van der Waals surface area contributed by atoms with Crippen LogP contribution in [0.1, 0.15) is 6.42 Å². The number of hydrogen-bond acceptors (Lipinski definition) is 3. The maximum atomic E-state index is 9.42. The fourth-order valence-corrected chi connectivity index (χ4v) is 1.31. The van der Waals surface area contributed by atoms with Crippen LogP contribution in [0.2, 0.25) is 0 Å². The first-order chi connectivity index (χ1) is 5.38. The summed E-state index contributed by atoms with van der Waals surface area (Å²) < 4.78 is 10.3. The lowest BCUT2D eigenvalue weighted by atomic mass is 10.0. The molecule has 0 bridgehead atoms. The Morgan fingerprint density at radius 3 is 3.27 bits per heavy atom. The van der Waals surface area contributed by atoms with Crippen molar-refractivity contribution in [3.05, 3.63) is 23.7 Å². The molecule has 0 fully saturated rings. The molecule has 1 atom stereocenters. The summed E-state index contributed by atoms with van der Waals surface area (Å²) in [5, 5.41) is 9.42. The molecule has 60 valence electrons. The van der Waals surface area contributed by atoms with Gasteiger partial charge in [-0.3, -0.25) is 0 Å². The van der Waals surface area contributed by atoms with Gasteiger partial charge in [0, 0.05) is 5.57 Å². The molecule has 0 aromatic rings. The Labute approximate surface area is 64.9 Å². The molecule has 11 heavy (non-hydrogen) atoms. The third kappa shape index (κ3) is 1.17. The van der Waals surface area contributed by atoms with Gasteiger partial charge in [0.05, 0.1) is 12.9 Å². The highest BCUT2D eigenvalue weighted by Gasteiger charge is 2.21. The normalized spacial score (nSPS) is 29.7. The number of ether oxygens (including phenoxy) is 2. The zero-order chi connectivity index (χ0) is 7.68. The molecule has 3 heteroatoms. The Hall–Kier alpha value is -0.800. The van der Waals surface area contributed by atoms with Crippen LogP contribution in [0.15, 0.2) is 23.7 Å². The molecule has 1 N–H and O–H groups in total. The number of aliphatic hydroxyl groups excluding tert-OH is 1. The lowest BCUT2D eigenvalue weighted by Crippen LogP contribution is -2.22. The van der Waals surface area contributed by atoms with E-state index in [2.05, 4.69) is 0 Å². The van der Waals surface area contributed by atoms with E-state index in [9.17, 15) is 5.11 Å². The summed E-state index contributed by atoms with van der Waals surface area (Å²) in [7, 11) is 0. The van der Waals surface area contributed by atoms with Gasteiger partial charge in [-0.05, 0) is 12.5 Å². The third-order valence-corrected chi connectivity index (χ3v) is 1.94. The highest BCUT2D eigenvalue weighted by atomic mass is 16.5. The van der Waals surface area contributed by atoms with E-state index in [1.54, 1.807) is 6.08 Å².